The summed E-state index contributed by atoms with van der Waals surface area (Å²) >= 11 is 0. The lowest BCUT2D eigenvalue weighted by atomic mass is 9.68. The average molecular weight is 344 g/mol. The van der Waals surface area contributed by atoms with Gasteiger partial charge in [0, 0.05) is 19.6 Å². The molecule has 1 heterocycles. The van der Waals surface area contributed by atoms with Gasteiger partial charge >= 0.3 is 0 Å². The van der Waals surface area contributed by atoms with Gasteiger partial charge in [0.15, 0.2) is 12.6 Å². The van der Waals surface area contributed by atoms with Crippen molar-refractivity contribution in [2.75, 3.05) is 26.2 Å². The van der Waals surface area contributed by atoms with Crippen LogP contribution >= 0.6 is 0 Å². The van der Waals surface area contributed by atoms with E-state index in [4.69, 9.17) is 15.5 Å². The van der Waals surface area contributed by atoms with E-state index in [9.17, 15) is 4.79 Å². The number of nitrogens with one attached hydrogen (secondary N) is 1. The number of carbonyl (C=O) groups is 1. The number of primary amides is 1. The smallest absolute Gasteiger partial charge is 0.255 e. The Labute approximate surface area is 149 Å². The van der Waals surface area contributed by atoms with Crippen LogP contribution in [0.1, 0.15) is 38.2 Å². The Morgan fingerprint density at radius 3 is 2.88 bits per heavy atom. The van der Waals surface area contributed by atoms with Gasteiger partial charge in [0.1, 0.15) is 5.75 Å². The summed E-state index contributed by atoms with van der Waals surface area (Å²) in [6.45, 7) is 5.66. The molecule has 1 spiro atoms. The van der Waals surface area contributed by atoms with E-state index in [-0.39, 0.29) is 6.61 Å². The lowest BCUT2D eigenvalue weighted by Crippen LogP contribution is -2.42. The maximum Gasteiger partial charge on any atom is 0.255 e. The molecule has 2 aliphatic rings. The van der Waals surface area contributed by atoms with Gasteiger partial charge in [-0.25, -0.2) is 4.99 Å². The van der Waals surface area contributed by atoms with Gasteiger partial charge in [0.2, 0.25) is 0 Å². The van der Waals surface area contributed by atoms with E-state index < -0.39 is 5.91 Å². The Morgan fingerprint density at radius 2 is 2.24 bits per heavy atom. The summed E-state index contributed by atoms with van der Waals surface area (Å²) in [6.07, 6.45) is 5.39. The third kappa shape index (κ3) is 4.44. The summed E-state index contributed by atoms with van der Waals surface area (Å²) in [4.78, 5) is 18.0. The maximum absolute atomic E-state index is 10.8. The van der Waals surface area contributed by atoms with Crippen LogP contribution in [0.3, 0.4) is 0 Å². The van der Waals surface area contributed by atoms with E-state index in [1.165, 1.54) is 25.7 Å². The van der Waals surface area contributed by atoms with Crippen molar-refractivity contribution in [1.29, 1.82) is 0 Å². The van der Waals surface area contributed by atoms with Gasteiger partial charge in [-0.1, -0.05) is 18.6 Å². The van der Waals surface area contributed by atoms with E-state index in [1.807, 2.05) is 24.3 Å². The van der Waals surface area contributed by atoms with Crippen LogP contribution in [0.15, 0.2) is 29.3 Å². The van der Waals surface area contributed by atoms with Crippen LogP contribution in [0.4, 0.5) is 0 Å². The van der Waals surface area contributed by atoms with E-state index in [0.717, 1.165) is 31.2 Å². The van der Waals surface area contributed by atoms with E-state index in [2.05, 4.69) is 17.1 Å². The van der Waals surface area contributed by atoms with Gasteiger partial charge in [-0.3, -0.25) is 4.79 Å². The van der Waals surface area contributed by atoms with Gasteiger partial charge in [-0.05, 0) is 49.3 Å². The third-order valence-electron chi connectivity index (χ3n) is 5.18. The first-order valence-electron chi connectivity index (χ1n) is 9.13. The first kappa shape index (κ1) is 17.6. The van der Waals surface area contributed by atoms with Crippen molar-refractivity contribution in [3.63, 3.8) is 0 Å². The van der Waals surface area contributed by atoms with Crippen LogP contribution in [0.2, 0.25) is 0 Å². The molecule has 136 valence electrons. The highest BCUT2D eigenvalue weighted by Crippen LogP contribution is 2.47. The fourth-order valence-electron chi connectivity index (χ4n) is 3.68. The Balaban J connectivity index is 1.63. The predicted octanol–water partition coefficient (Wildman–Crippen LogP) is 1.89. The topological polar surface area (TPSA) is 80.0 Å². The van der Waals surface area contributed by atoms with Gasteiger partial charge in [-0.15, -0.1) is 0 Å². The second-order valence-corrected chi connectivity index (χ2v) is 7.10. The lowest BCUT2D eigenvalue weighted by molar-refractivity contribution is -0.119. The average Bonchev–Trinajstić information content (AvgIpc) is 3.03. The molecular weight excluding hydrogens is 316 g/mol. The number of hydrogen-bond acceptors (Lipinski definition) is 3. The number of guanidine groups is 1. The van der Waals surface area contributed by atoms with Crippen LogP contribution < -0.4 is 15.8 Å². The Hall–Kier alpha value is -2.24. The molecule has 0 atom stereocenters. The van der Waals surface area contributed by atoms with Crippen molar-refractivity contribution in [1.82, 2.24) is 10.2 Å². The Bertz CT molecular complexity index is 640. The molecule has 1 aliphatic heterocycles. The number of carbonyl (C=O) groups excluding carboxylic acids is 1. The summed E-state index contributed by atoms with van der Waals surface area (Å²) in [5.41, 5.74) is 6.72. The molecule has 0 unspecified atom stereocenters. The van der Waals surface area contributed by atoms with Crippen LogP contribution in [-0.4, -0.2) is 43.0 Å². The highest BCUT2D eigenvalue weighted by molar-refractivity contribution is 5.80. The Kier molecular flexibility index (Phi) is 5.46. The molecule has 3 rings (SSSR count). The summed E-state index contributed by atoms with van der Waals surface area (Å²) in [6, 6.07) is 7.66. The second-order valence-electron chi connectivity index (χ2n) is 7.10. The summed E-state index contributed by atoms with van der Waals surface area (Å²) in [7, 11) is 0. The fraction of sp³-hybridized carbons (Fsp3) is 0.579. The number of aliphatic imine (C=N–C) groups is 1. The quantitative estimate of drug-likeness (QED) is 0.610. The van der Waals surface area contributed by atoms with Crippen molar-refractivity contribution in [3.05, 3.63) is 29.8 Å². The minimum Gasteiger partial charge on any atom is -0.484 e. The molecule has 1 aromatic rings. The summed E-state index contributed by atoms with van der Waals surface area (Å²) in [5.74, 6) is 1.16. The number of rotatable bonds is 6. The maximum atomic E-state index is 10.8. The monoisotopic (exact) mass is 344 g/mol. The number of nitrogens with two attached hydrogens (primary N) is 1. The van der Waals surface area contributed by atoms with Crippen LogP contribution in [0.25, 0.3) is 0 Å². The molecule has 0 aromatic heterocycles. The number of amides is 1. The van der Waals surface area contributed by atoms with E-state index >= 15 is 0 Å². The summed E-state index contributed by atoms with van der Waals surface area (Å²) in [5, 5.41) is 3.42. The minimum absolute atomic E-state index is 0.106. The Morgan fingerprint density at radius 1 is 1.40 bits per heavy atom. The SMILES string of the molecule is CCNC(=NCc1cccc(OCC(N)=O)c1)N1CCC2(CCC2)C1. The molecule has 6 nitrogen and oxygen atoms in total. The standard InChI is InChI=1S/C19H28N4O2/c1-2-21-18(23-10-9-19(14-23)7-4-8-19)22-12-15-5-3-6-16(11-15)25-13-17(20)24/h3,5-6,11H,2,4,7-10,12-14H2,1H3,(H2,20,24)(H,21,22). The second kappa shape index (κ2) is 7.76. The van der Waals surface area contributed by atoms with Crippen molar-refractivity contribution in [2.24, 2.45) is 16.1 Å². The zero-order chi connectivity index (χ0) is 17.7. The van der Waals surface area contributed by atoms with Crippen molar-refractivity contribution in [2.45, 2.75) is 39.2 Å². The van der Waals surface area contributed by atoms with E-state index in [1.54, 1.807) is 0 Å². The van der Waals surface area contributed by atoms with Gasteiger partial charge < -0.3 is 20.7 Å². The molecule has 6 heteroatoms. The molecule has 0 radical (unpaired) electrons. The van der Waals surface area contributed by atoms with E-state index in [0.29, 0.717) is 17.7 Å². The zero-order valence-electron chi connectivity index (χ0n) is 15.0. The zero-order valence-corrected chi connectivity index (χ0v) is 15.0. The predicted molar refractivity (Wildman–Crippen MR) is 98.4 cm³/mol. The number of ether oxygens (including phenoxy) is 1. The number of hydrogen-bond donors (Lipinski definition) is 2. The molecule has 1 amide bonds. The lowest BCUT2D eigenvalue weighted by Gasteiger charge is -2.38. The molecule has 25 heavy (non-hydrogen) atoms. The normalized spacial score (nSPS) is 18.9. The van der Waals surface area contributed by atoms with Gasteiger partial charge in [0.05, 0.1) is 6.54 Å². The first-order valence-corrected chi connectivity index (χ1v) is 9.13. The molecule has 2 fully saturated rings. The number of nitrogens with zero attached hydrogens (tertiary/aromatic N) is 2. The molecule has 1 aromatic carbocycles. The molecule has 1 aliphatic carbocycles. The van der Waals surface area contributed by atoms with Crippen LogP contribution in [-0.2, 0) is 11.3 Å². The molecule has 1 saturated heterocycles. The van der Waals surface area contributed by atoms with Crippen LogP contribution in [0.5, 0.6) is 5.75 Å². The molecule has 1 saturated carbocycles. The van der Waals surface area contributed by atoms with Crippen molar-refractivity contribution < 1.29 is 9.53 Å². The number of benzene rings is 1. The van der Waals surface area contributed by atoms with Crippen molar-refractivity contribution in [3.8, 4) is 5.75 Å². The fourth-order valence-corrected chi connectivity index (χ4v) is 3.68. The largest absolute Gasteiger partial charge is 0.484 e. The summed E-state index contributed by atoms with van der Waals surface area (Å²) < 4.78 is 5.36. The number of likely N-dealkylation sites (tertiary alicyclic amines) is 1. The van der Waals surface area contributed by atoms with Crippen molar-refractivity contribution >= 4 is 11.9 Å². The molecular formula is C19H28N4O2. The highest BCUT2D eigenvalue weighted by atomic mass is 16.5. The molecule has 0 bridgehead atoms. The first-order chi connectivity index (χ1) is 12.1. The highest BCUT2D eigenvalue weighted by Gasteiger charge is 2.43. The van der Waals surface area contributed by atoms with Gasteiger partial charge in [-0.2, -0.15) is 0 Å². The minimum atomic E-state index is -0.475. The van der Waals surface area contributed by atoms with Gasteiger partial charge in [0.25, 0.3) is 5.91 Å². The third-order valence-corrected chi connectivity index (χ3v) is 5.18. The molecule has 3 N–H and O–H groups in total. The van der Waals surface area contributed by atoms with Crippen LogP contribution in [0, 0.1) is 5.41 Å².